The van der Waals surface area contributed by atoms with E-state index in [4.69, 9.17) is 10.8 Å². The maximum Gasteiger partial charge on any atom is 0.355 e. The fourth-order valence-corrected chi connectivity index (χ4v) is 2.16. The topological polar surface area (TPSA) is 105 Å². The Labute approximate surface area is 109 Å². The minimum Gasteiger partial charge on any atom is -0.476 e. The maximum atomic E-state index is 11.5. The number of hydrogen-bond donors (Lipinski definition) is 3. The molecule has 0 fully saturated rings. The highest BCUT2D eigenvalue weighted by molar-refractivity contribution is 7.09. The molecule has 0 aliphatic rings. The molecule has 1 aromatic rings. The molecule has 1 amide bonds. The van der Waals surface area contributed by atoms with Gasteiger partial charge in [-0.05, 0) is 6.42 Å². The number of nitrogens with one attached hydrogen (secondary N) is 1. The normalized spacial score (nSPS) is 12.1. The number of carboxylic acid groups (broad SMARTS) is 1. The third-order valence-electron chi connectivity index (χ3n) is 2.35. The van der Waals surface area contributed by atoms with E-state index in [1.54, 1.807) is 0 Å². The number of carbonyl (C=O) groups is 2. The average molecular weight is 271 g/mol. The summed E-state index contributed by atoms with van der Waals surface area (Å²) in [6, 6.07) is -0.471. The van der Waals surface area contributed by atoms with Crippen molar-refractivity contribution in [1.29, 1.82) is 0 Å². The Hall–Kier alpha value is -1.47. The first-order chi connectivity index (χ1) is 8.54. The van der Waals surface area contributed by atoms with Gasteiger partial charge in [-0.25, -0.2) is 9.78 Å². The predicted octanol–water partition coefficient (Wildman–Crippen LogP) is 0.627. The van der Waals surface area contributed by atoms with Crippen LogP contribution in [0, 0.1) is 0 Å². The molecular weight excluding hydrogens is 254 g/mol. The lowest BCUT2D eigenvalue weighted by Crippen LogP contribution is -2.41. The van der Waals surface area contributed by atoms with Crippen LogP contribution in [-0.2, 0) is 11.2 Å². The number of hydrogen-bond acceptors (Lipinski definition) is 5. The van der Waals surface area contributed by atoms with Crippen molar-refractivity contribution in [3.05, 3.63) is 16.1 Å². The zero-order valence-electron chi connectivity index (χ0n) is 10.2. The molecule has 1 rings (SSSR count). The summed E-state index contributed by atoms with van der Waals surface area (Å²) in [5.74, 6) is -1.21. The number of thiazole rings is 1. The molecule has 0 bridgehead atoms. The van der Waals surface area contributed by atoms with Crippen LogP contribution < -0.4 is 11.1 Å². The molecule has 0 aliphatic carbocycles. The van der Waals surface area contributed by atoms with Crippen molar-refractivity contribution in [2.24, 2.45) is 5.73 Å². The number of aromatic nitrogens is 1. The van der Waals surface area contributed by atoms with Crippen LogP contribution in [-0.4, -0.2) is 34.6 Å². The largest absolute Gasteiger partial charge is 0.476 e. The van der Waals surface area contributed by atoms with Crippen molar-refractivity contribution in [2.45, 2.75) is 32.2 Å². The fraction of sp³-hybridized carbons (Fsp3) is 0.545. The molecule has 18 heavy (non-hydrogen) atoms. The smallest absolute Gasteiger partial charge is 0.355 e. The molecule has 0 saturated heterocycles. The van der Waals surface area contributed by atoms with E-state index in [9.17, 15) is 9.59 Å². The van der Waals surface area contributed by atoms with Crippen LogP contribution in [0.4, 0.5) is 0 Å². The van der Waals surface area contributed by atoms with Gasteiger partial charge in [0.05, 0.1) is 11.0 Å². The first-order valence-electron chi connectivity index (χ1n) is 5.75. The second-order valence-electron chi connectivity index (χ2n) is 3.87. The second kappa shape index (κ2) is 7.07. The van der Waals surface area contributed by atoms with Crippen molar-refractivity contribution in [1.82, 2.24) is 10.3 Å². The average Bonchev–Trinajstić information content (AvgIpc) is 2.78. The van der Waals surface area contributed by atoms with Gasteiger partial charge in [0, 0.05) is 18.3 Å². The number of carboxylic acids is 1. The van der Waals surface area contributed by atoms with E-state index in [0.29, 0.717) is 24.4 Å². The van der Waals surface area contributed by atoms with E-state index in [-0.39, 0.29) is 11.6 Å². The van der Waals surface area contributed by atoms with Crippen LogP contribution in [0.5, 0.6) is 0 Å². The number of rotatable bonds is 7. The van der Waals surface area contributed by atoms with Crippen LogP contribution in [0.2, 0.25) is 0 Å². The Balaban J connectivity index is 2.32. The quantitative estimate of drug-likeness (QED) is 0.674. The van der Waals surface area contributed by atoms with E-state index in [1.807, 2.05) is 6.92 Å². The minimum atomic E-state index is -1.04. The number of nitrogens with zero attached hydrogens (tertiary/aromatic N) is 1. The van der Waals surface area contributed by atoms with Gasteiger partial charge in [-0.15, -0.1) is 11.3 Å². The van der Waals surface area contributed by atoms with Crippen molar-refractivity contribution in [3.63, 3.8) is 0 Å². The molecule has 0 radical (unpaired) electrons. The lowest BCUT2D eigenvalue weighted by atomic mass is 10.2. The Bertz CT molecular complexity index is 419. The highest BCUT2D eigenvalue weighted by Crippen LogP contribution is 2.09. The van der Waals surface area contributed by atoms with E-state index in [0.717, 1.165) is 6.42 Å². The van der Waals surface area contributed by atoms with Crippen molar-refractivity contribution in [3.8, 4) is 0 Å². The van der Waals surface area contributed by atoms with E-state index in [2.05, 4.69) is 10.3 Å². The summed E-state index contributed by atoms with van der Waals surface area (Å²) in [6.45, 7) is 2.39. The van der Waals surface area contributed by atoms with E-state index < -0.39 is 12.0 Å². The highest BCUT2D eigenvalue weighted by atomic mass is 32.1. The first-order valence-corrected chi connectivity index (χ1v) is 6.63. The molecule has 100 valence electrons. The van der Waals surface area contributed by atoms with Gasteiger partial charge in [-0.3, -0.25) is 4.79 Å². The molecule has 4 N–H and O–H groups in total. The van der Waals surface area contributed by atoms with Crippen LogP contribution >= 0.6 is 11.3 Å². The summed E-state index contributed by atoms with van der Waals surface area (Å²) in [5.41, 5.74) is 5.69. The standard InChI is InChI=1S/C11H17N3O3S/c1-2-3-7(12)10(15)13-5-4-9-14-8(6-18-9)11(16)17/h6-7H,2-5,12H2,1H3,(H,13,15)(H,16,17)/t7-/m0/s1. The first kappa shape index (κ1) is 14.6. The van der Waals surface area contributed by atoms with Crippen molar-refractivity contribution in [2.75, 3.05) is 6.54 Å². The molecule has 0 saturated carbocycles. The summed E-state index contributed by atoms with van der Waals surface area (Å²) in [4.78, 5) is 26.0. The summed E-state index contributed by atoms with van der Waals surface area (Å²) in [5, 5.41) is 13.6. The van der Waals surface area contributed by atoms with Crippen LogP contribution in [0.1, 0.15) is 35.3 Å². The predicted molar refractivity (Wildman–Crippen MR) is 68.7 cm³/mol. The molecule has 0 aliphatic heterocycles. The monoisotopic (exact) mass is 271 g/mol. The highest BCUT2D eigenvalue weighted by Gasteiger charge is 2.12. The Kier molecular flexibility index (Phi) is 5.73. The number of nitrogens with two attached hydrogens (primary N) is 1. The van der Waals surface area contributed by atoms with Gasteiger partial charge >= 0.3 is 5.97 Å². The third kappa shape index (κ3) is 4.42. The molecule has 1 atom stereocenters. The SMILES string of the molecule is CCC[C@H](N)C(=O)NCCc1nc(C(=O)O)cs1. The summed E-state index contributed by atoms with van der Waals surface area (Å²) < 4.78 is 0. The Morgan fingerprint density at radius 3 is 2.89 bits per heavy atom. The molecule has 1 aromatic heterocycles. The lowest BCUT2D eigenvalue weighted by molar-refractivity contribution is -0.122. The maximum absolute atomic E-state index is 11.5. The number of aromatic carboxylic acids is 1. The van der Waals surface area contributed by atoms with Gasteiger partial charge in [0.2, 0.25) is 5.91 Å². The molecule has 0 unspecified atom stereocenters. The van der Waals surface area contributed by atoms with Gasteiger partial charge in [0.15, 0.2) is 5.69 Å². The summed E-state index contributed by atoms with van der Waals surface area (Å²) in [6.07, 6.45) is 2.04. The van der Waals surface area contributed by atoms with Gasteiger partial charge in [0.25, 0.3) is 0 Å². The lowest BCUT2D eigenvalue weighted by Gasteiger charge is -2.10. The van der Waals surface area contributed by atoms with Gasteiger partial charge in [-0.1, -0.05) is 13.3 Å². The molecule has 1 heterocycles. The van der Waals surface area contributed by atoms with E-state index in [1.165, 1.54) is 16.7 Å². The Morgan fingerprint density at radius 2 is 2.33 bits per heavy atom. The molecule has 7 heteroatoms. The summed E-state index contributed by atoms with van der Waals surface area (Å²) >= 11 is 1.27. The zero-order chi connectivity index (χ0) is 13.5. The molecule has 0 spiro atoms. The van der Waals surface area contributed by atoms with Crippen molar-refractivity contribution >= 4 is 23.2 Å². The number of amides is 1. The van der Waals surface area contributed by atoms with Gasteiger partial charge in [-0.2, -0.15) is 0 Å². The zero-order valence-corrected chi connectivity index (χ0v) is 11.0. The third-order valence-corrected chi connectivity index (χ3v) is 3.25. The van der Waals surface area contributed by atoms with Crippen LogP contribution in [0.3, 0.4) is 0 Å². The van der Waals surface area contributed by atoms with Gasteiger partial charge < -0.3 is 16.2 Å². The minimum absolute atomic E-state index is 0.0454. The van der Waals surface area contributed by atoms with Crippen LogP contribution in [0.25, 0.3) is 0 Å². The summed E-state index contributed by atoms with van der Waals surface area (Å²) in [7, 11) is 0. The molecule has 0 aromatic carbocycles. The second-order valence-corrected chi connectivity index (χ2v) is 4.81. The van der Waals surface area contributed by atoms with E-state index >= 15 is 0 Å². The van der Waals surface area contributed by atoms with Crippen molar-refractivity contribution < 1.29 is 14.7 Å². The molecule has 6 nitrogen and oxygen atoms in total. The van der Waals surface area contributed by atoms with Crippen LogP contribution in [0.15, 0.2) is 5.38 Å². The molecular formula is C11H17N3O3S. The fourth-order valence-electron chi connectivity index (χ4n) is 1.39. The Morgan fingerprint density at radius 1 is 1.61 bits per heavy atom. The number of carbonyl (C=O) groups excluding carboxylic acids is 1. The van der Waals surface area contributed by atoms with Gasteiger partial charge in [0.1, 0.15) is 0 Å².